The lowest BCUT2D eigenvalue weighted by Gasteiger charge is -2.09. The molecule has 0 bridgehead atoms. The van der Waals surface area contributed by atoms with Crippen molar-refractivity contribution < 1.29 is 9.26 Å². The molecule has 1 aromatic carbocycles. The second-order valence-electron chi connectivity index (χ2n) is 4.73. The summed E-state index contributed by atoms with van der Waals surface area (Å²) in [6.45, 7) is 2.02. The molecule has 1 aromatic heterocycles. The van der Waals surface area contributed by atoms with Gasteiger partial charge in [-0.3, -0.25) is 0 Å². The molecule has 2 N–H and O–H groups in total. The molecule has 0 saturated carbocycles. The number of nitrogens with zero attached hydrogens (tertiary/aromatic N) is 2. The van der Waals surface area contributed by atoms with E-state index >= 15 is 0 Å². The van der Waals surface area contributed by atoms with E-state index < -0.39 is 0 Å². The lowest BCUT2D eigenvalue weighted by atomic mass is 10.0. The topological polar surface area (TPSA) is 74.2 Å². The van der Waals surface area contributed by atoms with Crippen LogP contribution < -0.4 is 5.73 Å². The standard InChI is InChI=1S/C15H21N3O2/c1-3-13(19-2)15-17-14(20-18-15)10-9-12(16)11-7-5-4-6-8-11/h4-8,12-13H,3,9-10,16H2,1-2H3. The molecule has 1 heterocycles. The quantitative estimate of drug-likeness (QED) is 0.841. The highest BCUT2D eigenvalue weighted by Gasteiger charge is 2.16. The highest BCUT2D eigenvalue weighted by Crippen LogP contribution is 2.19. The van der Waals surface area contributed by atoms with Gasteiger partial charge in [0.2, 0.25) is 11.7 Å². The van der Waals surface area contributed by atoms with E-state index in [4.69, 9.17) is 15.0 Å². The van der Waals surface area contributed by atoms with Crippen LogP contribution in [-0.2, 0) is 11.2 Å². The Morgan fingerprint density at radius 1 is 1.30 bits per heavy atom. The number of aryl methyl sites for hydroxylation is 1. The summed E-state index contributed by atoms with van der Waals surface area (Å²) in [6.07, 6.45) is 2.16. The second kappa shape index (κ2) is 7.17. The number of benzene rings is 1. The van der Waals surface area contributed by atoms with Crippen molar-refractivity contribution in [1.82, 2.24) is 10.1 Å². The van der Waals surface area contributed by atoms with E-state index in [1.165, 1.54) is 0 Å². The minimum atomic E-state index is -0.102. The number of methoxy groups -OCH3 is 1. The number of rotatable bonds is 7. The summed E-state index contributed by atoms with van der Waals surface area (Å²) in [6, 6.07) is 10.0. The van der Waals surface area contributed by atoms with Gasteiger partial charge in [-0.05, 0) is 18.4 Å². The van der Waals surface area contributed by atoms with E-state index in [-0.39, 0.29) is 12.1 Å². The molecule has 0 amide bonds. The fourth-order valence-corrected chi connectivity index (χ4v) is 2.10. The normalized spacial score (nSPS) is 14.2. The van der Waals surface area contributed by atoms with Crippen LogP contribution in [0.25, 0.3) is 0 Å². The molecule has 2 unspecified atom stereocenters. The van der Waals surface area contributed by atoms with Crippen LogP contribution in [0.4, 0.5) is 0 Å². The van der Waals surface area contributed by atoms with E-state index in [1.807, 2.05) is 37.3 Å². The first-order valence-electron chi connectivity index (χ1n) is 6.90. The Morgan fingerprint density at radius 2 is 2.05 bits per heavy atom. The third-order valence-corrected chi connectivity index (χ3v) is 3.32. The van der Waals surface area contributed by atoms with Gasteiger partial charge in [0.15, 0.2) is 0 Å². The van der Waals surface area contributed by atoms with Crippen molar-refractivity contribution in [1.29, 1.82) is 0 Å². The van der Waals surface area contributed by atoms with Gasteiger partial charge >= 0.3 is 0 Å². The summed E-state index contributed by atoms with van der Waals surface area (Å²) >= 11 is 0. The fourth-order valence-electron chi connectivity index (χ4n) is 2.10. The maximum atomic E-state index is 6.15. The number of hydrogen-bond donors (Lipinski definition) is 1. The molecular weight excluding hydrogens is 254 g/mol. The van der Waals surface area contributed by atoms with Crippen molar-refractivity contribution in [2.75, 3.05) is 7.11 Å². The van der Waals surface area contributed by atoms with Gasteiger partial charge in [0.25, 0.3) is 0 Å². The van der Waals surface area contributed by atoms with Gasteiger partial charge in [0, 0.05) is 19.6 Å². The van der Waals surface area contributed by atoms with Gasteiger partial charge in [-0.2, -0.15) is 4.98 Å². The summed E-state index contributed by atoms with van der Waals surface area (Å²) in [5.41, 5.74) is 7.27. The van der Waals surface area contributed by atoms with Crippen molar-refractivity contribution in [3.05, 3.63) is 47.6 Å². The summed E-state index contributed by atoms with van der Waals surface area (Å²) in [5, 5.41) is 3.96. The second-order valence-corrected chi connectivity index (χ2v) is 4.73. The first-order chi connectivity index (χ1) is 9.74. The number of aromatic nitrogens is 2. The molecule has 20 heavy (non-hydrogen) atoms. The van der Waals surface area contributed by atoms with E-state index in [0.717, 1.165) is 18.4 Å². The van der Waals surface area contributed by atoms with Crippen LogP contribution in [0, 0.1) is 0 Å². The Balaban J connectivity index is 1.91. The predicted octanol–water partition coefficient (Wildman–Crippen LogP) is 2.80. The molecule has 5 nitrogen and oxygen atoms in total. The molecule has 108 valence electrons. The van der Waals surface area contributed by atoms with Crippen LogP contribution in [0.1, 0.15) is 49.2 Å². The average Bonchev–Trinajstić information content (AvgIpc) is 2.96. The minimum Gasteiger partial charge on any atom is -0.373 e. The first-order valence-corrected chi connectivity index (χ1v) is 6.90. The molecule has 2 rings (SSSR count). The van der Waals surface area contributed by atoms with Crippen LogP contribution >= 0.6 is 0 Å². The van der Waals surface area contributed by atoms with Gasteiger partial charge in [-0.25, -0.2) is 0 Å². The zero-order valence-electron chi connectivity index (χ0n) is 12.0. The molecule has 0 fully saturated rings. The lowest BCUT2D eigenvalue weighted by molar-refractivity contribution is 0.0903. The third-order valence-electron chi connectivity index (χ3n) is 3.32. The summed E-state index contributed by atoms with van der Waals surface area (Å²) in [4.78, 5) is 4.36. The smallest absolute Gasteiger partial charge is 0.226 e. The fraction of sp³-hybridized carbons (Fsp3) is 0.467. The molecule has 0 spiro atoms. The van der Waals surface area contributed by atoms with E-state index in [2.05, 4.69) is 10.1 Å². The van der Waals surface area contributed by atoms with Crippen LogP contribution in [0.3, 0.4) is 0 Å². The Hall–Kier alpha value is -1.72. The lowest BCUT2D eigenvalue weighted by Crippen LogP contribution is -2.11. The molecule has 0 aliphatic rings. The Kier molecular flexibility index (Phi) is 5.26. The molecule has 0 radical (unpaired) electrons. The molecular formula is C15H21N3O2. The molecule has 2 atom stereocenters. The highest BCUT2D eigenvalue weighted by atomic mass is 16.5. The first kappa shape index (κ1) is 14.7. The maximum absolute atomic E-state index is 6.15. The van der Waals surface area contributed by atoms with Crippen LogP contribution in [0.2, 0.25) is 0 Å². The van der Waals surface area contributed by atoms with Crippen molar-refractivity contribution >= 4 is 0 Å². The van der Waals surface area contributed by atoms with Gasteiger partial charge in [0.1, 0.15) is 6.10 Å². The number of ether oxygens (including phenoxy) is 1. The van der Waals surface area contributed by atoms with E-state index in [0.29, 0.717) is 18.1 Å². The van der Waals surface area contributed by atoms with Gasteiger partial charge in [-0.1, -0.05) is 42.4 Å². The third kappa shape index (κ3) is 3.65. The van der Waals surface area contributed by atoms with Crippen molar-refractivity contribution in [3.63, 3.8) is 0 Å². The average molecular weight is 275 g/mol. The van der Waals surface area contributed by atoms with Crippen LogP contribution in [0.5, 0.6) is 0 Å². The Bertz CT molecular complexity index is 509. The van der Waals surface area contributed by atoms with Crippen LogP contribution in [-0.4, -0.2) is 17.3 Å². The number of nitrogens with two attached hydrogens (primary N) is 1. The number of hydrogen-bond acceptors (Lipinski definition) is 5. The zero-order valence-corrected chi connectivity index (χ0v) is 12.0. The molecule has 2 aromatic rings. The van der Waals surface area contributed by atoms with E-state index in [1.54, 1.807) is 7.11 Å². The van der Waals surface area contributed by atoms with Crippen LogP contribution in [0.15, 0.2) is 34.9 Å². The molecule has 0 aliphatic carbocycles. The monoisotopic (exact) mass is 275 g/mol. The van der Waals surface area contributed by atoms with E-state index in [9.17, 15) is 0 Å². The Labute approximate surface area is 119 Å². The van der Waals surface area contributed by atoms with Crippen molar-refractivity contribution in [2.45, 2.75) is 38.3 Å². The van der Waals surface area contributed by atoms with Crippen molar-refractivity contribution in [2.24, 2.45) is 5.73 Å². The molecule has 0 saturated heterocycles. The maximum Gasteiger partial charge on any atom is 0.226 e. The van der Waals surface area contributed by atoms with Gasteiger partial charge < -0.3 is 15.0 Å². The summed E-state index contributed by atoms with van der Waals surface area (Å²) < 4.78 is 10.5. The summed E-state index contributed by atoms with van der Waals surface area (Å²) in [5.74, 6) is 1.22. The Morgan fingerprint density at radius 3 is 2.70 bits per heavy atom. The molecule has 0 aliphatic heterocycles. The SMILES string of the molecule is CCC(OC)c1noc(CCC(N)c2ccccc2)n1. The van der Waals surface area contributed by atoms with Gasteiger partial charge in [-0.15, -0.1) is 0 Å². The predicted molar refractivity (Wildman–Crippen MR) is 76.0 cm³/mol. The van der Waals surface area contributed by atoms with Crippen molar-refractivity contribution in [3.8, 4) is 0 Å². The minimum absolute atomic E-state index is 0.0176. The summed E-state index contributed by atoms with van der Waals surface area (Å²) in [7, 11) is 1.65. The largest absolute Gasteiger partial charge is 0.373 e. The highest BCUT2D eigenvalue weighted by molar-refractivity contribution is 5.18. The van der Waals surface area contributed by atoms with Gasteiger partial charge in [0.05, 0.1) is 0 Å². The molecule has 5 heteroatoms. The zero-order chi connectivity index (χ0) is 14.4.